The number of rotatable bonds is 10. The van der Waals surface area contributed by atoms with Gasteiger partial charge in [-0.05, 0) is 13.8 Å². The first-order valence-electron chi connectivity index (χ1n) is 9.82. The van der Waals surface area contributed by atoms with Crippen LogP contribution in [0, 0.1) is 0 Å². The van der Waals surface area contributed by atoms with Gasteiger partial charge in [0.2, 0.25) is 0 Å². The number of aliphatic carboxylic acids is 6. The number of aliphatic hydroxyl groups excluding tert-OH is 2. The molecule has 2 atom stereocenters. The number of ether oxygens (including phenoxy) is 1. The molecular formula is C24H38O15. The Hall–Kier alpha value is -4.86. The molecule has 39 heavy (non-hydrogen) atoms. The summed E-state index contributed by atoms with van der Waals surface area (Å²) in [6, 6.07) is 0. The molecular weight excluding hydrogens is 528 g/mol. The molecule has 0 aliphatic rings. The number of hydrogen-bond donors (Lipinski definition) is 8. The molecule has 0 saturated heterocycles. The van der Waals surface area contributed by atoms with Crippen molar-refractivity contribution >= 4 is 35.8 Å². The minimum atomic E-state index is -0.981. The molecule has 8 N–H and O–H groups in total. The maximum atomic E-state index is 9.25. The van der Waals surface area contributed by atoms with Crippen LogP contribution in [0.5, 0.6) is 0 Å². The van der Waals surface area contributed by atoms with Crippen LogP contribution in [-0.2, 0) is 33.5 Å². The van der Waals surface area contributed by atoms with Crippen LogP contribution in [0.15, 0.2) is 75.9 Å². The second-order valence-corrected chi connectivity index (χ2v) is 5.43. The van der Waals surface area contributed by atoms with Crippen molar-refractivity contribution in [2.75, 3.05) is 13.2 Å². The van der Waals surface area contributed by atoms with Gasteiger partial charge in [0.05, 0.1) is 25.4 Å². The lowest BCUT2D eigenvalue weighted by atomic mass is 10.4. The fraction of sp³-hybridized carbons (Fsp3) is 0.250. The van der Waals surface area contributed by atoms with Crippen LogP contribution in [-0.4, -0.2) is 102 Å². The largest absolute Gasteiger partial charge is 0.478 e. The monoisotopic (exact) mass is 566 g/mol. The van der Waals surface area contributed by atoms with Crippen molar-refractivity contribution in [3.63, 3.8) is 0 Å². The van der Waals surface area contributed by atoms with Crippen LogP contribution < -0.4 is 0 Å². The van der Waals surface area contributed by atoms with Crippen molar-refractivity contribution in [1.29, 1.82) is 0 Å². The Morgan fingerprint density at radius 2 is 0.718 bits per heavy atom. The molecule has 0 saturated carbocycles. The maximum absolute atomic E-state index is 9.25. The first-order valence-corrected chi connectivity index (χ1v) is 9.82. The molecule has 0 aromatic heterocycles. The Kier molecular flexibility index (Phi) is 56.4. The molecule has 0 radical (unpaired) electrons. The topological polar surface area (TPSA) is 273 Å². The summed E-state index contributed by atoms with van der Waals surface area (Å²) in [7, 11) is 0. The molecule has 0 bridgehead atoms. The summed E-state index contributed by atoms with van der Waals surface area (Å²) in [5.74, 6) is -5.89. The van der Waals surface area contributed by atoms with Gasteiger partial charge in [0.1, 0.15) is 0 Å². The quantitative estimate of drug-likeness (QED) is 0.173. The second-order valence-electron chi connectivity index (χ2n) is 5.43. The van der Waals surface area contributed by atoms with Gasteiger partial charge >= 0.3 is 35.8 Å². The van der Waals surface area contributed by atoms with Crippen molar-refractivity contribution < 1.29 is 74.4 Å². The summed E-state index contributed by atoms with van der Waals surface area (Å²) in [6.45, 7) is 21.5. The fourth-order valence-corrected chi connectivity index (χ4v) is 0.356. The van der Waals surface area contributed by atoms with E-state index in [4.69, 9.17) is 45.6 Å². The van der Waals surface area contributed by atoms with Crippen LogP contribution in [0.4, 0.5) is 0 Å². The fourth-order valence-electron chi connectivity index (χ4n) is 0.356. The van der Waals surface area contributed by atoms with Gasteiger partial charge in [-0.1, -0.05) is 39.5 Å². The summed E-state index contributed by atoms with van der Waals surface area (Å²) in [6.07, 6.45) is 4.39. The Balaban J connectivity index is -0.0000000622. The van der Waals surface area contributed by atoms with E-state index in [9.17, 15) is 28.8 Å². The minimum Gasteiger partial charge on any atom is -0.478 e. The Morgan fingerprint density at radius 3 is 0.795 bits per heavy atom. The van der Waals surface area contributed by atoms with E-state index in [0.717, 1.165) is 36.5 Å². The van der Waals surface area contributed by atoms with Crippen molar-refractivity contribution in [3.05, 3.63) is 75.9 Å². The summed E-state index contributed by atoms with van der Waals surface area (Å²) in [4.78, 5) is 55.5. The Morgan fingerprint density at radius 1 is 0.564 bits per heavy atom. The second kappa shape index (κ2) is 43.2. The standard InChI is InChI=1S/C6H14O3.6C3H4O2/c1-5(8)4-9-6(2)3-7;6*1-2-3(4)5/h5-8H,3-4H2,1-2H3;6*2H,1H2,(H,4,5). The maximum Gasteiger partial charge on any atom is 0.327 e. The molecule has 2 unspecified atom stereocenters. The zero-order valence-electron chi connectivity index (χ0n) is 21.7. The van der Waals surface area contributed by atoms with E-state index in [1.807, 2.05) is 0 Å². The third-order valence-corrected chi connectivity index (χ3v) is 1.93. The molecule has 224 valence electrons. The Bertz CT molecular complexity index is 613. The molecule has 0 heterocycles. The lowest BCUT2D eigenvalue weighted by molar-refractivity contribution is -0.132. The molecule has 0 aliphatic carbocycles. The summed E-state index contributed by atoms with van der Waals surface area (Å²) >= 11 is 0. The molecule has 0 fully saturated rings. The van der Waals surface area contributed by atoms with Gasteiger partial charge in [-0.25, -0.2) is 28.8 Å². The van der Waals surface area contributed by atoms with Gasteiger partial charge in [0.25, 0.3) is 0 Å². The number of carboxylic acid groups (broad SMARTS) is 6. The highest BCUT2D eigenvalue weighted by Gasteiger charge is 2.00. The van der Waals surface area contributed by atoms with Crippen LogP contribution in [0.2, 0.25) is 0 Å². The van der Waals surface area contributed by atoms with Crippen molar-refractivity contribution in [2.45, 2.75) is 26.1 Å². The lowest BCUT2D eigenvalue weighted by Crippen LogP contribution is -2.19. The van der Waals surface area contributed by atoms with E-state index in [1.54, 1.807) is 13.8 Å². The van der Waals surface area contributed by atoms with Crippen molar-refractivity contribution in [3.8, 4) is 0 Å². The van der Waals surface area contributed by atoms with Crippen molar-refractivity contribution in [2.24, 2.45) is 0 Å². The zero-order valence-corrected chi connectivity index (χ0v) is 21.7. The average Bonchev–Trinajstić information content (AvgIpc) is 2.88. The first kappa shape index (κ1) is 50.9. The molecule has 0 aliphatic heterocycles. The van der Waals surface area contributed by atoms with E-state index in [2.05, 4.69) is 39.5 Å². The highest BCUT2D eigenvalue weighted by atomic mass is 16.5. The van der Waals surface area contributed by atoms with Gasteiger partial charge in [-0.2, -0.15) is 0 Å². The molecule has 0 rings (SSSR count). The number of aliphatic hydroxyl groups is 2. The zero-order chi connectivity index (χ0) is 33.0. The first-order chi connectivity index (χ1) is 17.8. The molecule has 15 nitrogen and oxygen atoms in total. The van der Waals surface area contributed by atoms with E-state index in [-0.39, 0.29) is 12.7 Å². The SMILES string of the molecule is C=CC(=O)O.C=CC(=O)O.C=CC(=O)O.C=CC(=O)O.C=CC(=O)O.C=CC(=O)O.CC(O)COC(C)CO. The normalized spacial score (nSPS) is 8.92. The molecule has 0 amide bonds. The third-order valence-electron chi connectivity index (χ3n) is 1.93. The predicted octanol–water partition coefficient (Wildman–Crippen LogP) is 1.31. The Labute approximate surface area is 225 Å². The van der Waals surface area contributed by atoms with E-state index in [0.29, 0.717) is 6.61 Å². The third kappa shape index (κ3) is 161. The van der Waals surface area contributed by atoms with Crippen LogP contribution in [0.25, 0.3) is 0 Å². The molecule has 0 spiro atoms. The van der Waals surface area contributed by atoms with E-state index in [1.165, 1.54) is 0 Å². The van der Waals surface area contributed by atoms with Crippen LogP contribution in [0.1, 0.15) is 13.8 Å². The summed E-state index contributed by atoms with van der Waals surface area (Å²) < 4.78 is 4.95. The van der Waals surface area contributed by atoms with Crippen LogP contribution in [0.3, 0.4) is 0 Å². The van der Waals surface area contributed by atoms with Gasteiger partial charge in [0, 0.05) is 36.5 Å². The van der Waals surface area contributed by atoms with E-state index >= 15 is 0 Å². The van der Waals surface area contributed by atoms with Gasteiger partial charge in [-0.15, -0.1) is 0 Å². The number of hydrogen-bond acceptors (Lipinski definition) is 9. The highest BCUT2D eigenvalue weighted by Crippen LogP contribution is 1.90. The predicted molar refractivity (Wildman–Crippen MR) is 141 cm³/mol. The number of carboxylic acids is 6. The highest BCUT2D eigenvalue weighted by molar-refractivity contribution is 5.80. The van der Waals surface area contributed by atoms with Gasteiger partial charge in [0.15, 0.2) is 0 Å². The molecule has 15 heteroatoms. The number of carbonyl (C=O) groups is 6. The van der Waals surface area contributed by atoms with Gasteiger partial charge in [-0.3, -0.25) is 0 Å². The summed E-state index contributed by atoms with van der Waals surface area (Å²) in [5, 5.41) is 62.8. The van der Waals surface area contributed by atoms with Crippen LogP contribution >= 0.6 is 0 Å². The molecule has 0 aromatic rings. The minimum absolute atomic E-state index is 0.00667. The molecule has 0 aromatic carbocycles. The van der Waals surface area contributed by atoms with Gasteiger partial charge < -0.3 is 45.6 Å². The van der Waals surface area contributed by atoms with Crippen molar-refractivity contribution in [1.82, 2.24) is 0 Å². The average molecular weight is 567 g/mol. The summed E-state index contributed by atoms with van der Waals surface area (Å²) in [5.41, 5.74) is 0. The van der Waals surface area contributed by atoms with E-state index < -0.39 is 41.9 Å². The smallest absolute Gasteiger partial charge is 0.327 e. The lowest BCUT2D eigenvalue weighted by Gasteiger charge is -2.10.